The van der Waals surface area contributed by atoms with Gasteiger partial charge in [-0.2, -0.15) is 13.2 Å². The van der Waals surface area contributed by atoms with Gasteiger partial charge in [0, 0.05) is 11.6 Å². The molecule has 1 heterocycles. The number of hydrogen-bond donors (Lipinski definition) is 1. The highest BCUT2D eigenvalue weighted by atomic mass is 35.5. The van der Waals surface area contributed by atoms with Gasteiger partial charge >= 0.3 is 6.18 Å². The molecule has 146 valence electrons. The van der Waals surface area contributed by atoms with E-state index in [1.54, 1.807) is 26.0 Å². The van der Waals surface area contributed by atoms with Gasteiger partial charge in [-0.3, -0.25) is 9.59 Å². The van der Waals surface area contributed by atoms with Crippen molar-refractivity contribution < 1.29 is 27.2 Å². The van der Waals surface area contributed by atoms with Crippen LogP contribution in [0.4, 0.5) is 18.9 Å². The Kier molecular flexibility index (Phi) is 6.54. The number of nitrogens with zero attached hydrogens (tertiary/aromatic N) is 1. The minimum atomic E-state index is -4.64. The predicted molar refractivity (Wildman–Crippen MR) is 94.0 cm³/mol. The van der Waals surface area contributed by atoms with Crippen LogP contribution in [0.1, 0.15) is 25.2 Å². The third-order valence-corrected chi connectivity index (χ3v) is 3.95. The average Bonchev–Trinajstić information content (AvgIpc) is 3.07. The van der Waals surface area contributed by atoms with Crippen LogP contribution in [0, 0.1) is 5.92 Å². The monoisotopic (exact) mass is 402 g/mol. The summed E-state index contributed by atoms with van der Waals surface area (Å²) in [5.41, 5.74) is -1.11. The van der Waals surface area contributed by atoms with Crippen LogP contribution >= 0.6 is 11.6 Å². The molecule has 0 saturated heterocycles. The van der Waals surface area contributed by atoms with E-state index in [1.807, 2.05) is 0 Å². The van der Waals surface area contributed by atoms with Crippen LogP contribution < -0.4 is 5.32 Å². The average molecular weight is 403 g/mol. The molecule has 2 rings (SSSR count). The van der Waals surface area contributed by atoms with Crippen molar-refractivity contribution in [3.8, 4) is 0 Å². The molecule has 9 heteroatoms. The first-order chi connectivity index (χ1) is 12.6. The maximum atomic E-state index is 12.9. The summed E-state index contributed by atoms with van der Waals surface area (Å²) in [6.45, 7) is 3.11. The molecule has 27 heavy (non-hydrogen) atoms. The molecule has 5 nitrogen and oxygen atoms in total. The maximum absolute atomic E-state index is 12.9. The highest BCUT2D eigenvalue weighted by Gasteiger charge is 2.33. The van der Waals surface area contributed by atoms with E-state index in [-0.39, 0.29) is 30.6 Å². The van der Waals surface area contributed by atoms with Gasteiger partial charge in [0.2, 0.25) is 11.8 Å². The summed E-state index contributed by atoms with van der Waals surface area (Å²) < 4.78 is 44.0. The number of halogens is 4. The molecular formula is C18H18ClF3N2O3. The van der Waals surface area contributed by atoms with Crippen molar-refractivity contribution in [3.05, 3.63) is 52.9 Å². The molecular weight excluding hydrogens is 385 g/mol. The van der Waals surface area contributed by atoms with E-state index in [0.717, 1.165) is 12.1 Å². The van der Waals surface area contributed by atoms with Gasteiger partial charge in [-0.15, -0.1) is 0 Å². The molecule has 1 aromatic heterocycles. The quantitative estimate of drug-likeness (QED) is 0.769. The molecule has 0 bridgehead atoms. The van der Waals surface area contributed by atoms with Crippen molar-refractivity contribution >= 4 is 29.1 Å². The van der Waals surface area contributed by atoms with E-state index >= 15 is 0 Å². The number of alkyl halides is 3. The standard InChI is InChI=1S/C18H18ClF3N2O3/c1-11(2)17(26)24(9-13-4-3-7-27-13)10-16(25)23-12-5-6-15(19)14(8-12)18(20,21)22/h3-8,11H,9-10H2,1-2H3,(H,23,25). The molecule has 0 aliphatic rings. The molecule has 1 N–H and O–H groups in total. The van der Waals surface area contributed by atoms with Crippen molar-refractivity contribution in [2.24, 2.45) is 5.92 Å². The first-order valence-electron chi connectivity index (χ1n) is 8.05. The summed E-state index contributed by atoms with van der Waals surface area (Å²) in [6.07, 6.45) is -3.20. The number of benzene rings is 1. The number of anilines is 1. The van der Waals surface area contributed by atoms with Gasteiger partial charge in [-0.1, -0.05) is 25.4 Å². The number of carbonyl (C=O) groups excluding carboxylic acids is 2. The van der Waals surface area contributed by atoms with Crippen molar-refractivity contribution in [2.45, 2.75) is 26.6 Å². The van der Waals surface area contributed by atoms with Crippen LogP contribution in [0.25, 0.3) is 0 Å². The molecule has 0 atom stereocenters. The molecule has 0 radical (unpaired) electrons. The molecule has 1 aromatic carbocycles. The van der Waals surface area contributed by atoms with Gasteiger partial charge in [0.15, 0.2) is 0 Å². The van der Waals surface area contributed by atoms with Crippen LogP contribution in [0.3, 0.4) is 0 Å². The second-order valence-electron chi connectivity index (χ2n) is 6.17. The van der Waals surface area contributed by atoms with Crippen LogP contribution in [-0.2, 0) is 22.3 Å². The molecule has 0 saturated carbocycles. The minimum absolute atomic E-state index is 0.0633. The summed E-state index contributed by atoms with van der Waals surface area (Å²) in [7, 11) is 0. The second kappa shape index (κ2) is 8.47. The van der Waals surface area contributed by atoms with E-state index in [0.29, 0.717) is 5.76 Å². The fourth-order valence-electron chi connectivity index (χ4n) is 2.36. The smallest absolute Gasteiger partial charge is 0.417 e. The number of hydrogen-bond acceptors (Lipinski definition) is 3. The molecule has 0 fully saturated rings. The van der Waals surface area contributed by atoms with E-state index in [2.05, 4.69) is 5.32 Å². The Morgan fingerprint density at radius 1 is 1.26 bits per heavy atom. The Morgan fingerprint density at radius 3 is 2.52 bits per heavy atom. The number of amides is 2. The molecule has 2 aromatic rings. The second-order valence-corrected chi connectivity index (χ2v) is 6.58. The Labute approximate surface area is 159 Å². The summed E-state index contributed by atoms with van der Waals surface area (Å²) in [5.74, 6) is -0.789. The minimum Gasteiger partial charge on any atom is -0.467 e. The van der Waals surface area contributed by atoms with E-state index in [9.17, 15) is 22.8 Å². The fourth-order valence-corrected chi connectivity index (χ4v) is 2.59. The number of carbonyl (C=O) groups is 2. The van der Waals surface area contributed by atoms with Crippen LogP contribution in [0.5, 0.6) is 0 Å². The van der Waals surface area contributed by atoms with E-state index in [1.165, 1.54) is 17.2 Å². The first-order valence-corrected chi connectivity index (χ1v) is 8.43. The predicted octanol–water partition coefficient (Wildman–Crippen LogP) is 4.58. The molecule has 0 aliphatic carbocycles. The Morgan fingerprint density at radius 2 is 1.96 bits per heavy atom. The molecule has 0 unspecified atom stereocenters. The highest BCUT2D eigenvalue weighted by Crippen LogP contribution is 2.36. The third kappa shape index (κ3) is 5.75. The fraction of sp³-hybridized carbons (Fsp3) is 0.333. The molecule has 0 aliphatic heterocycles. The van der Waals surface area contributed by atoms with Crippen molar-refractivity contribution in [3.63, 3.8) is 0 Å². The van der Waals surface area contributed by atoms with Crippen molar-refractivity contribution in [2.75, 3.05) is 11.9 Å². The number of nitrogens with one attached hydrogen (secondary N) is 1. The molecule has 0 spiro atoms. The summed E-state index contributed by atoms with van der Waals surface area (Å²) in [6, 6.07) is 6.38. The largest absolute Gasteiger partial charge is 0.467 e. The number of furan rings is 1. The number of rotatable bonds is 6. The zero-order valence-corrected chi connectivity index (χ0v) is 15.4. The third-order valence-electron chi connectivity index (χ3n) is 3.62. The lowest BCUT2D eigenvalue weighted by atomic mass is 10.1. The van der Waals surface area contributed by atoms with Crippen molar-refractivity contribution in [1.82, 2.24) is 4.90 Å². The normalized spacial score (nSPS) is 11.5. The van der Waals surface area contributed by atoms with Crippen LogP contribution in [0.2, 0.25) is 5.02 Å². The zero-order chi connectivity index (χ0) is 20.2. The lowest BCUT2D eigenvalue weighted by Gasteiger charge is -2.23. The summed E-state index contributed by atoms with van der Waals surface area (Å²) in [4.78, 5) is 25.9. The van der Waals surface area contributed by atoms with Crippen LogP contribution in [-0.4, -0.2) is 23.3 Å². The Balaban J connectivity index is 2.12. The van der Waals surface area contributed by atoms with Crippen molar-refractivity contribution in [1.29, 1.82) is 0 Å². The van der Waals surface area contributed by atoms with Gasteiger partial charge in [0.25, 0.3) is 0 Å². The summed E-state index contributed by atoms with van der Waals surface area (Å²) in [5, 5.41) is 1.90. The first kappa shape index (κ1) is 20.8. The maximum Gasteiger partial charge on any atom is 0.417 e. The lowest BCUT2D eigenvalue weighted by Crippen LogP contribution is -2.39. The Hall–Kier alpha value is -2.48. The summed E-state index contributed by atoms with van der Waals surface area (Å²) >= 11 is 5.56. The van der Waals surface area contributed by atoms with Gasteiger partial charge in [-0.05, 0) is 30.3 Å². The lowest BCUT2D eigenvalue weighted by molar-refractivity contribution is -0.138. The molecule has 2 amide bonds. The van der Waals surface area contributed by atoms with Gasteiger partial charge in [0.1, 0.15) is 12.3 Å². The van der Waals surface area contributed by atoms with Gasteiger partial charge < -0.3 is 14.6 Å². The van der Waals surface area contributed by atoms with E-state index < -0.39 is 22.7 Å². The van der Waals surface area contributed by atoms with Gasteiger partial charge in [-0.25, -0.2) is 0 Å². The Bertz CT molecular complexity index is 805. The SMILES string of the molecule is CC(C)C(=O)N(CC(=O)Nc1ccc(Cl)c(C(F)(F)F)c1)Cc1ccco1. The van der Waals surface area contributed by atoms with Crippen LogP contribution in [0.15, 0.2) is 41.0 Å². The highest BCUT2D eigenvalue weighted by molar-refractivity contribution is 6.31. The van der Waals surface area contributed by atoms with E-state index in [4.69, 9.17) is 16.0 Å². The topological polar surface area (TPSA) is 62.6 Å². The van der Waals surface area contributed by atoms with Gasteiger partial charge in [0.05, 0.1) is 23.4 Å². The zero-order valence-electron chi connectivity index (χ0n) is 14.6.